The van der Waals surface area contributed by atoms with Crippen molar-refractivity contribution in [3.05, 3.63) is 40.5 Å². The lowest BCUT2D eigenvalue weighted by molar-refractivity contribution is -0.137. The second-order valence-electron chi connectivity index (χ2n) is 6.41. The third-order valence-electron chi connectivity index (χ3n) is 4.40. The third kappa shape index (κ3) is 4.54. The van der Waals surface area contributed by atoms with Crippen LogP contribution in [0.3, 0.4) is 0 Å². The molecule has 0 spiro atoms. The molecule has 2 heterocycles. The molecule has 0 aliphatic carbocycles. The summed E-state index contributed by atoms with van der Waals surface area (Å²) in [5.74, 6) is -1.13. The Hall–Kier alpha value is -2.26. The van der Waals surface area contributed by atoms with Crippen LogP contribution in [0.15, 0.2) is 24.3 Å². The highest BCUT2D eigenvalue weighted by Crippen LogP contribution is 2.36. The monoisotopic (exact) mass is 397 g/mol. The SMILES string of the molecule is NC(=O)c1nc(C(=O)CC2CCCCN2)c(-c2cccc(C(F)(F)F)c2)s1. The van der Waals surface area contributed by atoms with Gasteiger partial charge in [-0.05, 0) is 37.1 Å². The molecule has 1 aliphatic rings. The smallest absolute Gasteiger partial charge is 0.364 e. The van der Waals surface area contributed by atoms with E-state index in [-0.39, 0.29) is 39.4 Å². The number of nitrogens with one attached hydrogen (secondary N) is 1. The van der Waals surface area contributed by atoms with E-state index in [2.05, 4.69) is 10.3 Å². The van der Waals surface area contributed by atoms with Crippen LogP contribution in [0.1, 0.15) is 51.5 Å². The molecule has 1 aliphatic heterocycles. The number of piperidine rings is 1. The van der Waals surface area contributed by atoms with Crippen LogP contribution < -0.4 is 11.1 Å². The van der Waals surface area contributed by atoms with Gasteiger partial charge in [0.15, 0.2) is 10.8 Å². The zero-order valence-corrected chi connectivity index (χ0v) is 15.1. The lowest BCUT2D eigenvalue weighted by atomic mass is 9.97. The van der Waals surface area contributed by atoms with Crippen molar-refractivity contribution in [2.24, 2.45) is 5.73 Å². The fourth-order valence-electron chi connectivity index (χ4n) is 3.07. The van der Waals surface area contributed by atoms with Crippen molar-refractivity contribution in [2.75, 3.05) is 6.54 Å². The number of carbonyl (C=O) groups excluding carboxylic acids is 2. The molecule has 1 unspecified atom stereocenters. The highest BCUT2D eigenvalue weighted by atomic mass is 32.1. The molecule has 3 N–H and O–H groups in total. The molecule has 1 aromatic carbocycles. The van der Waals surface area contributed by atoms with Crippen LogP contribution in [0.2, 0.25) is 0 Å². The number of thiazole rings is 1. The summed E-state index contributed by atoms with van der Waals surface area (Å²) in [6.45, 7) is 0.821. The van der Waals surface area contributed by atoms with Gasteiger partial charge in [-0.15, -0.1) is 11.3 Å². The predicted molar refractivity (Wildman–Crippen MR) is 95.7 cm³/mol. The van der Waals surface area contributed by atoms with E-state index in [9.17, 15) is 22.8 Å². The van der Waals surface area contributed by atoms with Gasteiger partial charge >= 0.3 is 6.18 Å². The normalized spacial score (nSPS) is 17.7. The standard InChI is InChI=1S/C18H18F3N3O2S/c19-18(20,21)11-5-3-4-10(8-11)15-14(24-17(27-15)16(22)26)13(25)9-12-6-1-2-7-23-12/h3-5,8,12,23H,1-2,6-7,9H2,(H2,22,26). The number of primary amides is 1. The summed E-state index contributed by atoms with van der Waals surface area (Å²) in [5, 5.41) is 3.16. The van der Waals surface area contributed by atoms with Gasteiger partial charge in [-0.25, -0.2) is 4.98 Å². The summed E-state index contributed by atoms with van der Waals surface area (Å²) in [6, 6.07) is 4.63. The fraction of sp³-hybridized carbons (Fsp3) is 0.389. The number of nitrogens with zero attached hydrogens (tertiary/aromatic N) is 1. The molecule has 9 heteroatoms. The van der Waals surface area contributed by atoms with Crippen LogP contribution in [0, 0.1) is 0 Å². The predicted octanol–water partition coefficient (Wildman–Crippen LogP) is 3.64. The number of alkyl halides is 3. The van der Waals surface area contributed by atoms with Crippen molar-refractivity contribution in [2.45, 2.75) is 37.9 Å². The number of benzene rings is 1. The number of aromatic nitrogens is 1. The van der Waals surface area contributed by atoms with Gasteiger partial charge in [-0.3, -0.25) is 9.59 Å². The van der Waals surface area contributed by atoms with Gasteiger partial charge < -0.3 is 11.1 Å². The van der Waals surface area contributed by atoms with Gasteiger partial charge in [0.2, 0.25) is 0 Å². The first-order chi connectivity index (χ1) is 12.8. The maximum absolute atomic E-state index is 13.0. The van der Waals surface area contributed by atoms with Gasteiger partial charge in [0.05, 0.1) is 10.4 Å². The van der Waals surface area contributed by atoms with E-state index in [1.807, 2.05) is 0 Å². The molecule has 1 amide bonds. The molecule has 0 radical (unpaired) electrons. The molecular weight excluding hydrogens is 379 g/mol. The molecule has 5 nitrogen and oxygen atoms in total. The summed E-state index contributed by atoms with van der Waals surface area (Å²) in [7, 11) is 0. The second kappa shape index (κ2) is 7.77. The van der Waals surface area contributed by atoms with E-state index < -0.39 is 17.6 Å². The quantitative estimate of drug-likeness (QED) is 0.755. The van der Waals surface area contributed by atoms with Gasteiger partial charge in [-0.1, -0.05) is 18.6 Å². The van der Waals surface area contributed by atoms with E-state index >= 15 is 0 Å². The fourth-order valence-corrected chi connectivity index (χ4v) is 4.00. The average Bonchev–Trinajstić information content (AvgIpc) is 3.08. The summed E-state index contributed by atoms with van der Waals surface area (Å²) in [6.07, 6.45) is -1.44. The molecule has 3 rings (SSSR count). The van der Waals surface area contributed by atoms with Gasteiger partial charge in [0.25, 0.3) is 5.91 Å². The first-order valence-electron chi connectivity index (χ1n) is 8.50. The Morgan fingerprint density at radius 3 is 2.70 bits per heavy atom. The molecular formula is C18H18F3N3O2S. The molecule has 1 atom stereocenters. The zero-order valence-electron chi connectivity index (χ0n) is 14.3. The van der Waals surface area contributed by atoms with Crippen molar-refractivity contribution in [3.8, 4) is 10.4 Å². The Balaban J connectivity index is 1.97. The number of hydrogen-bond acceptors (Lipinski definition) is 5. The largest absolute Gasteiger partial charge is 0.416 e. The molecule has 2 aromatic rings. The summed E-state index contributed by atoms with van der Waals surface area (Å²) in [4.78, 5) is 28.5. The number of carbonyl (C=O) groups is 2. The molecule has 1 aromatic heterocycles. The maximum atomic E-state index is 13.0. The molecule has 1 saturated heterocycles. The average molecular weight is 397 g/mol. The Morgan fingerprint density at radius 1 is 1.30 bits per heavy atom. The number of hydrogen-bond donors (Lipinski definition) is 2. The highest BCUT2D eigenvalue weighted by molar-refractivity contribution is 7.17. The lowest BCUT2D eigenvalue weighted by Crippen LogP contribution is -2.35. The zero-order chi connectivity index (χ0) is 19.6. The second-order valence-corrected chi connectivity index (χ2v) is 7.41. The molecule has 144 valence electrons. The van der Waals surface area contributed by atoms with E-state index in [4.69, 9.17) is 5.73 Å². The van der Waals surface area contributed by atoms with Crippen LogP contribution >= 0.6 is 11.3 Å². The highest BCUT2D eigenvalue weighted by Gasteiger charge is 2.31. The number of nitrogens with two attached hydrogens (primary N) is 1. The van der Waals surface area contributed by atoms with Gasteiger partial charge in [0, 0.05) is 12.5 Å². The lowest BCUT2D eigenvalue weighted by Gasteiger charge is -2.22. The van der Waals surface area contributed by atoms with Crippen molar-refractivity contribution in [3.63, 3.8) is 0 Å². The number of ketones is 1. The Morgan fingerprint density at radius 2 is 2.07 bits per heavy atom. The number of rotatable bonds is 5. The van der Waals surface area contributed by atoms with Crippen molar-refractivity contribution in [1.82, 2.24) is 10.3 Å². The molecule has 0 bridgehead atoms. The Labute approximate surface area is 157 Å². The minimum absolute atomic E-state index is 0.000461. The number of Topliss-reactive ketones (excluding diaryl/α,β-unsaturated/α-hetero) is 1. The molecule has 1 fully saturated rings. The van der Waals surface area contributed by atoms with Gasteiger partial charge in [0.1, 0.15) is 5.69 Å². The van der Waals surface area contributed by atoms with Crippen LogP contribution in [0.25, 0.3) is 10.4 Å². The van der Waals surface area contributed by atoms with Crippen molar-refractivity contribution in [1.29, 1.82) is 0 Å². The molecule has 27 heavy (non-hydrogen) atoms. The minimum Gasteiger partial charge on any atom is -0.364 e. The summed E-state index contributed by atoms with van der Waals surface area (Å²) < 4.78 is 39.1. The number of amides is 1. The first kappa shape index (κ1) is 19.5. The van der Waals surface area contributed by atoms with E-state index in [0.29, 0.717) is 0 Å². The van der Waals surface area contributed by atoms with Crippen LogP contribution in [0.5, 0.6) is 0 Å². The summed E-state index contributed by atoms with van der Waals surface area (Å²) >= 11 is 0.836. The Bertz CT molecular complexity index is 858. The van der Waals surface area contributed by atoms with Crippen molar-refractivity contribution >= 4 is 23.0 Å². The third-order valence-corrected chi connectivity index (χ3v) is 5.52. The summed E-state index contributed by atoms with van der Waals surface area (Å²) in [5.41, 5.74) is 4.62. The van der Waals surface area contributed by atoms with Crippen LogP contribution in [0.4, 0.5) is 13.2 Å². The minimum atomic E-state index is -4.51. The van der Waals surface area contributed by atoms with E-state index in [0.717, 1.165) is 49.3 Å². The number of halogens is 3. The Kier molecular flexibility index (Phi) is 5.61. The van der Waals surface area contributed by atoms with E-state index in [1.165, 1.54) is 12.1 Å². The maximum Gasteiger partial charge on any atom is 0.416 e. The van der Waals surface area contributed by atoms with Gasteiger partial charge in [-0.2, -0.15) is 13.2 Å². The van der Waals surface area contributed by atoms with Crippen LogP contribution in [-0.4, -0.2) is 29.3 Å². The van der Waals surface area contributed by atoms with Crippen LogP contribution in [-0.2, 0) is 6.18 Å². The first-order valence-corrected chi connectivity index (χ1v) is 9.32. The topological polar surface area (TPSA) is 85.1 Å². The van der Waals surface area contributed by atoms with Crippen molar-refractivity contribution < 1.29 is 22.8 Å². The molecule has 0 saturated carbocycles. The van der Waals surface area contributed by atoms with E-state index in [1.54, 1.807) is 0 Å².